The summed E-state index contributed by atoms with van der Waals surface area (Å²) in [5, 5.41) is 9.50. The Morgan fingerprint density at radius 3 is 2.00 bits per heavy atom. The molecule has 0 aliphatic carbocycles. The second-order valence-electron chi connectivity index (χ2n) is 4.12. The third kappa shape index (κ3) is 7.84. The molecule has 0 bridgehead atoms. The maximum atomic E-state index is 11.1. The van der Waals surface area contributed by atoms with Crippen molar-refractivity contribution in [2.75, 3.05) is 33.0 Å². The summed E-state index contributed by atoms with van der Waals surface area (Å²) in [7, 11) is 0. The van der Waals surface area contributed by atoms with Crippen molar-refractivity contribution >= 4 is 17.9 Å². The highest BCUT2D eigenvalue weighted by atomic mass is 16.6. The first kappa shape index (κ1) is 18.8. The number of aliphatic hydroxyl groups is 1. The van der Waals surface area contributed by atoms with E-state index in [1.165, 1.54) is 5.94 Å². The zero-order chi connectivity index (χ0) is 16.1. The molecule has 0 radical (unpaired) electrons. The van der Waals surface area contributed by atoms with Crippen LogP contribution in [0.3, 0.4) is 0 Å². The second kappa shape index (κ2) is 10.6. The van der Waals surface area contributed by atoms with E-state index < -0.39 is 24.0 Å². The van der Waals surface area contributed by atoms with Gasteiger partial charge in [-0.2, -0.15) is 0 Å². The Hall–Kier alpha value is -2.21. The van der Waals surface area contributed by atoms with Gasteiger partial charge in [0.2, 0.25) is 0 Å². The van der Waals surface area contributed by atoms with Crippen LogP contribution >= 0.6 is 0 Å². The van der Waals surface area contributed by atoms with Crippen molar-refractivity contribution in [1.82, 2.24) is 0 Å². The summed E-state index contributed by atoms with van der Waals surface area (Å²) in [6.45, 7) is 5.40. The van der Waals surface area contributed by atoms with Gasteiger partial charge in [0, 0.05) is 18.2 Å². The molecule has 0 aliphatic heterocycles. The van der Waals surface area contributed by atoms with E-state index in [0.29, 0.717) is 0 Å². The molecule has 0 aliphatic rings. The van der Waals surface area contributed by atoms with Crippen LogP contribution in [-0.2, 0) is 28.6 Å². The Balaban J connectivity index is 4.75. The van der Waals surface area contributed by atoms with Crippen molar-refractivity contribution in [2.45, 2.75) is 0 Å². The minimum absolute atomic E-state index is 0.0317. The van der Waals surface area contributed by atoms with E-state index in [4.69, 9.17) is 14.2 Å². The summed E-state index contributed by atoms with van der Waals surface area (Å²) in [6, 6.07) is 0. The molecule has 116 valence electrons. The van der Waals surface area contributed by atoms with E-state index >= 15 is 0 Å². The second-order valence-corrected chi connectivity index (χ2v) is 4.12. The molecule has 1 N–H and O–H groups in total. The number of hydrogen-bond acceptors (Lipinski definition) is 7. The van der Waals surface area contributed by atoms with Gasteiger partial charge in [0.05, 0.1) is 25.2 Å². The molecule has 0 rings (SSSR count). The quantitative estimate of drug-likeness (QED) is 0.245. The van der Waals surface area contributed by atoms with E-state index in [9.17, 15) is 19.5 Å². The van der Waals surface area contributed by atoms with Gasteiger partial charge in [-0.25, -0.2) is 14.4 Å². The Morgan fingerprint density at radius 1 is 1.10 bits per heavy atom. The topological polar surface area (TPSA) is 99.1 Å². The number of carbonyl (C=O) groups excluding carboxylic acids is 3. The Morgan fingerprint density at radius 2 is 1.62 bits per heavy atom. The average molecular weight is 298 g/mol. The molecule has 0 aromatic heterocycles. The van der Waals surface area contributed by atoms with Crippen molar-refractivity contribution < 1.29 is 33.7 Å². The third-order valence-electron chi connectivity index (χ3n) is 2.40. The van der Waals surface area contributed by atoms with Gasteiger partial charge in [-0.3, -0.25) is 0 Å². The molecule has 0 heterocycles. The first-order chi connectivity index (χ1) is 10.0. The molecule has 0 aromatic rings. The molecule has 7 heteroatoms. The smallest absolute Gasteiger partial charge is 0.330 e. The van der Waals surface area contributed by atoms with Crippen LogP contribution < -0.4 is 0 Å². The number of ether oxygens (including phenoxy) is 3. The Kier molecular flexibility index (Phi) is 9.45. The standard InChI is InChI=1S/C14H18O7/c1-3-12(17)20-10-14(8-16,9-19-7-5-6-15)11-21-13(18)4-2/h3-5,16H,1-2,7-11H2. The van der Waals surface area contributed by atoms with Gasteiger partial charge in [0.25, 0.3) is 0 Å². The van der Waals surface area contributed by atoms with Crippen molar-refractivity contribution in [1.29, 1.82) is 0 Å². The molecule has 7 nitrogen and oxygen atoms in total. The molecule has 21 heavy (non-hydrogen) atoms. The first-order valence-corrected chi connectivity index (χ1v) is 6.00. The number of carbonyl (C=O) groups is 2. The minimum atomic E-state index is -1.14. The van der Waals surface area contributed by atoms with Crippen molar-refractivity contribution in [3.05, 3.63) is 31.4 Å². The number of hydrogen-bond donors (Lipinski definition) is 1. The molecule has 0 fully saturated rings. The van der Waals surface area contributed by atoms with E-state index in [0.717, 1.165) is 18.2 Å². The van der Waals surface area contributed by atoms with E-state index in [1.807, 2.05) is 0 Å². The predicted octanol–water partition coefficient (Wildman–Crippen LogP) is -0.172. The molecule has 0 amide bonds. The zero-order valence-corrected chi connectivity index (χ0v) is 11.6. The van der Waals surface area contributed by atoms with Gasteiger partial charge in [0.1, 0.15) is 19.2 Å². The molecular formula is C14H18O7. The van der Waals surface area contributed by atoms with Gasteiger partial charge in [-0.05, 0) is 0 Å². The largest absolute Gasteiger partial charge is 0.462 e. The lowest BCUT2D eigenvalue weighted by Crippen LogP contribution is -2.41. The summed E-state index contributed by atoms with van der Waals surface area (Å²) in [5.41, 5.74) is -1.14. The van der Waals surface area contributed by atoms with E-state index in [1.54, 1.807) is 0 Å². The average Bonchev–Trinajstić information content (AvgIpc) is 2.52. The number of rotatable bonds is 11. The van der Waals surface area contributed by atoms with Crippen LogP contribution in [0.25, 0.3) is 0 Å². The van der Waals surface area contributed by atoms with Gasteiger partial charge in [-0.15, -0.1) is 0 Å². The summed E-state index contributed by atoms with van der Waals surface area (Å²) in [4.78, 5) is 32.2. The van der Waals surface area contributed by atoms with Gasteiger partial charge in [0.15, 0.2) is 0 Å². The molecule has 0 saturated heterocycles. The van der Waals surface area contributed by atoms with Crippen LogP contribution in [0.5, 0.6) is 0 Å². The lowest BCUT2D eigenvalue weighted by atomic mass is 9.92. The summed E-state index contributed by atoms with van der Waals surface area (Å²) in [6.07, 6.45) is 3.04. The molecule has 0 atom stereocenters. The highest BCUT2D eigenvalue weighted by Gasteiger charge is 2.33. The normalized spacial score (nSPS) is 10.1. The van der Waals surface area contributed by atoms with Gasteiger partial charge >= 0.3 is 11.9 Å². The van der Waals surface area contributed by atoms with E-state index in [-0.39, 0.29) is 26.4 Å². The van der Waals surface area contributed by atoms with Gasteiger partial charge in [-0.1, -0.05) is 13.2 Å². The van der Waals surface area contributed by atoms with Crippen LogP contribution in [0, 0.1) is 5.41 Å². The minimum Gasteiger partial charge on any atom is -0.462 e. The van der Waals surface area contributed by atoms with Crippen LogP contribution in [0.4, 0.5) is 0 Å². The fraction of sp³-hybridized carbons (Fsp3) is 0.429. The van der Waals surface area contributed by atoms with Crippen LogP contribution in [-0.4, -0.2) is 56.0 Å². The Bertz CT molecular complexity index is 397. The summed E-state index contributed by atoms with van der Waals surface area (Å²) < 4.78 is 14.9. The zero-order valence-electron chi connectivity index (χ0n) is 11.6. The molecule has 0 aromatic carbocycles. The molecule has 0 unspecified atom stereocenters. The number of aliphatic hydroxyl groups excluding tert-OH is 1. The van der Waals surface area contributed by atoms with Crippen LogP contribution in [0.1, 0.15) is 0 Å². The lowest BCUT2D eigenvalue weighted by Gasteiger charge is -2.29. The van der Waals surface area contributed by atoms with Crippen molar-refractivity contribution in [3.8, 4) is 0 Å². The van der Waals surface area contributed by atoms with Crippen molar-refractivity contribution in [2.24, 2.45) is 5.41 Å². The third-order valence-corrected chi connectivity index (χ3v) is 2.40. The first-order valence-electron chi connectivity index (χ1n) is 6.00. The van der Waals surface area contributed by atoms with Crippen molar-refractivity contribution in [3.63, 3.8) is 0 Å². The van der Waals surface area contributed by atoms with Crippen LogP contribution in [0.2, 0.25) is 0 Å². The maximum absolute atomic E-state index is 11.1. The number of esters is 2. The highest BCUT2D eigenvalue weighted by Crippen LogP contribution is 2.19. The van der Waals surface area contributed by atoms with Gasteiger partial charge < -0.3 is 19.3 Å². The molecule has 0 spiro atoms. The molecular weight excluding hydrogens is 280 g/mol. The molecule has 0 saturated carbocycles. The Labute approximate surface area is 122 Å². The SMILES string of the molecule is C=CC(=O)OCC(CO)(COCC=C=O)COC(=O)C=C. The highest BCUT2D eigenvalue weighted by molar-refractivity contribution is 5.81. The fourth-order valence-corrected chi connectivity index (χ4v) is 1.20. The summed E-state index contributed by atoms with van der Waals surface area (Å²) >= 11 is 0. The van der Waals surface area contributed by atoms with Crippen LogP contribution in [0.15, 0.2) is 31.4 Å². The predicted molar refractivity (Wildman–Crippen MR) is 72.9 cm³/mol. The van der Waals surface area contributed by atoms with E-state index in [2.05, 4.69) is 13.2 Å². The monoisotopic (exact) mass is 298 g/mol. The summed E-state index contributed by atoms with van der Waals surface area (Å²) in [5.74, 6) is 0.162. The maximum Gasteiger partial charge on any atom is 0.330 e. The lowest BCUT2D eigenvalue weighted by molar-refractivity contribution is -0.154. The fourth-order valence-electron chi connectivity index (χ4n) is 1.20.